The number of rotatable bonds is 6. The van der Waals surface area contributed by atoms with Crippen LogP contribution in [-0.4, -0.2) is 43.3 Å². The lowest BCUT2D eigenvalue weighted by Crippen LogP contribution is -2.44. The molecule has 0 unspecified atom stereocenters. The molecule has 0 amide bonds. The molecule has 0 aromatic heterocycles. The van der Waals surface area contributed by atoms with Crippen molar-refractivity contribution in [2.45, 2.75) is 33.2 Å². The molecule has 0 aliphatic carbocycles. The maximum atomic E-state index is 11.8. The van der Waals surface area contributed by atoms with Gasteiger partial charge < -0.3 is 5.32 Å². The quantitative estimate of drug-likeness (QED) is 0.647. The molecule has 0 aromatic rings. The molecule has 0 aliphatic rings. The standard InChI is InChI=1S/C10H23FN2.H2/c1-5-13(10(2,3)4)9-8-12-7-6-11;/h12H,5-9H2,1-4H3;1H. The second-order valence-electron chi connectivity index (χ2n) is 4.19. The molecule has 0 heterocycles. The summed E-state index contributed by atoms with van der Waals surface area (Å²) >= 11 is 0. The van der Waals surface area contributed by atoms with E-state index in [1.165, 1.54) is 0 Å². The second-order valence-corrected chi connectivity index (χ2v) is 4.19. The van der Waals surface area contributed by atoms with Gasteiger partial charge in [0.1, 0.15) is 6.67 Å². The molecule has 2 nitrogen and oxygen atoms in total. The molecular formula is C10H25FN2. The fourth-order valence-electron chi connectivity index (χ4n) is 1.37. The van der Waals surface area contributed by atoms with Crippen molar-refractivity contribution >= 4 is 0 Å². The summed E-state index contributed by atoms with van der Waals surface area (Å²) < 4.78 is 11.8. The molecule has 0 aliphatic heterocycles. The van der Waals surface area contributed by atoms with Gasteiger partial charge in [-0.25, -0.2) is 4.39 Å². The first kappa shape index (κ1) is 12.8. The molecule has 3 heteroatoms. The molecule has 0 saturated carbocycles. The Hall–Kier alpha value is -0.150. The lowest BCUT2D eigenvalue weighted by atomic mass is 10.1. The molecular weight excluding hydrogens is 167 g/mol. The summed E-state index contributed by atoms with van der Waals surface area (Å²) in [4.78, 5) is 2.37. The minimum atomic E-state index is -0.276. The van der Waals surface area contributed by atoms with Crippen molar-refractivity contribution in [3.05, 3.63) is 0 Å². The topological polar surface area (TPSA) is 15.3 Å². The maximum Gasteiger partial charge on any atom is 0.102 e. The Morgan fingerprint density at radius 2 is 1.92 bits per heavy atom. The van der Waals surface area contributed by atoms with Gasteiger partial charge in [0.05, 0.1) is 0 Å². The molecule has 1 N–H and O–H groups in total. The SMILES string of the molecule is CCN(CCNCCF)C(C)(C)C.[HH]. The van der Waals surface area contributed by atoms with Crippen LogP contribution in [0, 0.1) is 0 Å². The normalized spacial score (nSPS) is 12.5. The first-order chi connectivity index (χ1) is 6.02. The fraction of sp³-hybridized carbons (Fsp3) is 1.00. The van der Waals surface area contributed by atoms with E-state index in [2.05, 4.69) is 37.9 Å². The van der Waals surface area contributed by atoms with Crippen molar-refractivity contribution in [2.75, 3.05) is 32.9 Å². The molecule has 0 aromatic carbocycles. The highest BCUT2D eigenvalue weighted by molar-refractivity contribution is 4.75. The smallest absolute Gasteiger partial charge is 0.102 e. The van der Waals surface area contributed by atoms with E-state index in [9.17, 15) is 4.39 Å². The summed E-state index contributed by atoms with van der Waals surface area (Å²) in [6.07, 6.45) is 0. The third-order valence-electron chi connectivity index (χ3n) is 2.16. The summed E-state index contributed by atoms with van der Waals surface area (Å²) in [5.74, 6) is 0. The van der Waals surface area contributed by atoms with E-state index in [-0.39, 0.29) is 13.6 Å². The molecule has 82 valence electrons. The van der Waals surface area contributed by atoms with Crippen molar-refractivity contribution in [2.24, 2.45) is 0 Å². The van der Waals surface area contributed by atoms with Gasteiger partial charge in [0.15, 0.2) is 0 Å². The van der Waals surface area contributed by atoms with Gasteiger partial charge in [0, 0.05) is 26.6 Å². The van der Waals surface area contributed by atoms with Crippen LogP contribution in [-0.2, 0) is 0 Å². The highest BCUT2D eigenvalue weighted by Crippen LogP contribution is 2.11. The average Bonchev–Trinajstić information content (AvgIpc) is 2.02. The Kier molecular flexibility index (Phi) is 6.25. The Bertz CT molecular complexity index is 126. The van der Waals surface area contributed by atoms with Gasteiger partial charge in [0.25, 0.3) is 0 Å². The number of hydrogen-bond donors (Lipinski definition) is 1. The van der Waals surface area contributed by atoms with Crippen LogP contribution >= 0.6 is 0 Å². The third kappa shape index (κ3) is 5.99. The predicted molar refractivity (Wildman–Crippen MR) is 58.0 cm³/mol. The minimum absolute atomic E-state index is 0. The predicted octanol–water partition coefficient (Wildman–Crippen LogP) is 1.91. The zero-order chi connectivity index (χ0) is 10.3. The van der Waals surface area contributed by atoms with Crippen LogP contribution < -0.4 is 5.32 Å². The zero-order valence-electron chi connectivity index (χ0n) is 9.36. The Morgan fingerprint density at radius 1 is 1.31 bits per heavy atom. The van der Waals surface area contributed by atoms with E-state index >= 15 is 0 Å². The average molecular weight is 192 g/mol. The maximum absolute atomic E-state index is 11.8. The number of halogens is 1. The highest BCUT2D eigenvalue weighted by atomic mass is 19.1. The van der Waals surface area contributed by atoms with Crippen LogP contribution in [0.25, 0.3) is 0 Å². The summed E-state index contributed by atoms with van der Waals surface area (Å²) in [6, 6.07) is 0. The number of likely N-dealkylation sites (N-methyl/N-ethyl adjacent to an activating group) is 1. The monoisotopic (exact) mass is 192 g/mol. The van der Waals surface area contributed by atoms with E-state index in [0.717, 1.165) is 19.6 Å². The van der Waals surface area contributed by atoms with Crippen LogP contribution in [0.3, 0.4) is 0 Å². The molecule has 0 rings (SSSR count). The molecule has 13 heavy (non-hydrogen) atoms. The van der Waals surface area contributed by atoms with Gasteiger partial charge in [-0.2, -0.15) is 0 Å². The highest BCUT2D eigenvalue weighted by Gasteiger charge is 2.18. The van der Waals surface area contributed by atoms with Gasteiger partial charge in [-0.1, -0.05) is 6.92 Å². The third-order valence-corrected chi connectivity index (χ3v) is 2.16. The van der Waals surface area contributed by atoms with Crippen LogP contribution in [0.5, 0.6) is 0 Å². The van der Waals surface area contributed by atoms with Gasteiger partial charge in [-0.05, 0) is 27.3 Å². The molecule has 0 fully saturated rings. The molecule has 0 atom stereocenters. The van der Waals surface area contributed by atoms with Crippen LogP contribution in [0.4, 0.5) is 4.39 Å². The lowest BCUT2D eigenvalue weighted by Gasteiger charge is -2.34. The Morgan fingerprint density at radius 3 is 2.31 bits per heavy atom. The zero-order valence-corrected chi connectivity index (χ0v) is 9.36. The van der Waals surface area contributed by atoms with Crippen molar-refractivity contribution < 1.29 is 5.82 Å². The largest absolute Gasteiger partial charge is 0.313 e. The van der Waals surface area contributed by atoms with Crippen LogP contribution in [0.2, 0.25) is 0 Å². The van der Waals surface area contributed by atoms with Crippen molar-refractivity contribution in [1.82, 2.24) is 10.2 Å². The van der Waals surface area contributed by atoms with Gasteiger partial charge in [-0.3, -0.25) is 4.90 Å². The Labute approximate surface area is 83.0 Å². The van der Waals surface area contributed by atoms with Crippen LogP contribution in [0.15, 0.2) is 0 Å². The minimum Gasteiger partial charge on any atom is -0.313 e. The van der Waals surface area contributed by atoms with Gasteiger partial charge >= 0.3 is 0 Å². The second kappa shape index (κ2) is 6.33. The lowest BCUT2D eigenvalue weighted by molar-refractivity contribution is 0.145. The van der Waals surface area contributed by atoms with Crippen molar-refractivity contribution in [3.8, 4) is 0 Å². The van der Waals surface area contributed by atoms with Crippen molar-refractivity contribution in [1.29, 1.82) is 0 Å². The van der Waals surface area contributed by atoms with Crippen molar-refractivity contribution in [3.63, 3.8) is 0 Å². The Balaban J connectivity index is 0. The summed E-state index contributed by atoms with van der Waals surface area (Å²) in [5.41, 5.74) is 0.214. The van der Waals surface area contributed by atoms with E-state index in [0.29, 0.717) is 6.54 Å². The summed E-state index contributed by atoms with van der Waals surface area (Å²) in [6.45, 7) is 11.8. The van der Waals surface area contributed by atoms with Gasteiger partial charge in [-0.15, -0.1) is 0 Å². The molecule has 0 radical (unpaired) electrons. The van der Waals surface area contributed by atoms with E-state index < -0.39 is 0 Å². The first-order valence-corrected chi connectivity index (χ1v) is 5.04. The van der Waals surface area contributed by atoms with E-state index in [1.54, 1.807) is 0 Å². The number of nitrogens with one attached hydrogen (secondary N) is 1. The fourth-order valence-corrected chi connectivity index (χ4v) is 1.37. The number of nitrogens with zero attached hydrogens (tertiary/aromatic N) is 1. The van der Waals surface area contributed by atoms with E-state index in [4.69, 9.17) is 0 Å². The molecule has 0 bridgehead atoms. The molecule has 0 spiro atoms. The summed E-state index contributed by atoms with van der Waals surface area (Å²) in [5, 5.41) is 3.06. The number of alkyl halides is 1. The van der Waals surface area contributed by atoms with E-state index in [1.807, 2.05) is 0 Å². The number of hydrogen-bond acceptors (Lipinski definition) is 2. The summed E-state index contributed by atoms with van der Waals surface area (Å²) in [7, 11) is 0. The van der Waals surface area contributed by atoms with Crippen LogP contribution in [0.1, 0.15) is 29.1 Å². The molecule has 0 saturated heterocycles. The first-order valence-electron chi connectivity index (χ1n) is 5.04. The van der Waals surface area contributed by atoms with Gasteiger partial charge in [0.2, 0.25) is 0 Å².